The topological polar surface area (TPSA) is 8.81 Å². The molecule has 0 aliphatic heterocycles. The first kappa shape index (κ1) is 20.1. The Morgan fingerprint density at radius 3 is 1.71 bits per heavy atom. The summed E-state index contributed by atoms with van der Waals surface area (Å²) in [6.45, 7) is 0.892. The first-order chi connectivity index (χ1) is 12.8. The van der Waals surface area contributed by atoms with Crippen molar-refractivity contribution in [1.82, 2.24) is 4.57 Å². The molecule has 3 aromatic carbocycles. The van der Waals surface area contributed by atoms with Crippen LogP contribution in [0, 0.1) is 0 Å². The Kier molecular flexibility index (Phi) is 4.46. The average molecular weight is 418 g/mol. The normalized spacial score (nSPS) is 14.2. The minimum absolute atomic E-state index is 0.892. The van der Waals surface area contributed by atoms with Gasteiger partial charge in [-0.1, -0.05) is 48.5 Å². The van der Waals surface area contributed by atoms with E-state index >= 15 is 0 Å². The van der Waals surface area contributed by atoms with Crippen LogP contribution in [0.4, 0.5) is 25.2 Å². The molecule has 0 bridgehead atoms. The Bertz CT molecular complexity index is 1080. The van der Waals surface area contributed by atoms with Gasteiger partial charge in [0.1, 0.15) is 18.9 Å². The summed E-state index contributed by atoms with van der Waals surface area (Å²) in [4.78, 5) is 0. The molecule has 0 amide bonds. The second-order valence-corrected chi connectivity index (χ2v) is 8.42. The van der Waals surface area contributed by atoms with Gasteiger partial charge in [0, 0.05) is 5.56 Å². The molecule has 9 heteroatoms. The van der Waals surface area contributed by atoms with E-state index in [0.29, 0.717) is 0 Å². The van der Waals surface area contributed by atoms with E-state index in [4.69, 9.17) is 0 Å². The van der Waals surface area contributed by atoms with E-state index in [1.165, 1.54) is 27.1 Å². The van der Waals surface area contributed by atoms with Crippen molar-refractivity contribution in [1.29, 1.82) is 0 Å². The van der Waals surface area contributed by atoms with Crippen LogP contribution in [0.25, 0.3) is 21.5 Å². The summed E-state index contributed by atoms with van der Waals surface area (Å²) in [5.41, 5.74) is 1.39. The van der Waals surface area contributed by atoms with Crippen LogP contribution in [0.15, 0.2) is 73.3 Å². The molecule has 0 saturated carbocycles. The summed E-state index contributed by atoms with van der Waals surface area (Å²) in [6, 6.07) is 19.6. The minimum atomic E-state index is -10.7. The van der Waals surface area contributed by atoms with Crippen molar-refractivity contribution in [2.75, 3.05) is 0 Å². The molecule has 1 aromatic heterocycles. The predicted octanol–water partition coefficient (Wildman–Crippen LogP) is 7.05. The van der Waals surface area contributed by atoms with Crippen LogP contribution in [-0.2, 0) is 13.6 Å². The second kappa shape index (κ2) is 6.21. The number of nitrogens with zero attached hydrogens (tertiary/aromatic N) is 2. The molecule has 0 N–H and O–H groups in total. The molecule has 28 heavy (non-hydrogen) atoms. The van der Waals surface area contributed by atoms with Crippen molar-refractivity contribution in [2.45, 2.75) is 6.54 Å². The van der Waals surface area contributed by atoms with Crippen LogP contribution >= 0.6 is 7.81 Å². The van der Waals surface area contributed by atoms with Crippen LogP contribution in [-0.4, -0.2) is 4.57 Å². The Morgan fingerprint density at radius 1 is 0.821 bits per heavy atom. The SMILES string of the molecule is C[n+]1ccn(Cc2c3ccccc3cc3ccccc23)c1.F[P-](F)(F)(F)(F)F. The van der Waals surface area contributed by atoms with Crippen LogP contribution in [0.2, 0.25) is 0 Å². The van der Waals surface area contributed by atoms with E-state index in [9.17, 15) is 25.2 Å². The average Bonchev–Trinajstić information content (AvgIpc) is 2.97. The monoisotopic (exact) mass is 418 g/mol. The summed E-state index contributed by atoms with van der Waals surface area (Å²) in [7, 11) is -8.60. The second-order valence-electron chi connectivity index (χ2n) is 6.51. The van der Waals surface area contributed by atoms with E-state index in [0.717, 1.165) is 6.54 Å². The summed E-state index contributed by atoms with van der Waals surface area (Å²) in [5, 5.41) is 5.30. The van der Waals surface area contributed by atoms with Gasteiger partial charge in [-0.3, -0.25) is 0 Å². The molecule has 1 heterocycles. The molecule has 0 aliphatic carbocycles. The van der Waals surface area contributed by atoms with Crippen molar-refractivity contribution in [3.05, 3.63) is 78.9 Å². The number of hydrogen-bond acceptors (Lipinski definition) is 0. The Labute approximate surface area is 156 Å². The Hall–Kier alpha value is -2.60. The third kappa shape index (κ3) is 5.96. The fraction of sp³-hybridized carbons (Fsp3) is 0.105. The third-order valence-electron chi connectivity index (χ3n) is 4.05. The fourth-order valence-corrected chi connectivity index (χ4v) is 3.06. The first-order valence-electron chi connectivity index (χ1n) is 8.23. The van der Waals surface area contributed by atoms with E-state index in [2.05, 4.69) is 89.5 Å². The zero-order valence-electron chi connectivity index (χ0n) is 14.7. The number of benzene rings is 3. The zero-order chi connectivity index (χ0) is 20.6. The van der Waals surface area contributed by atoms with Crippen LogP contribution in [0.3, 0.4) is 0 Å². The van der Waals surface area contributed by atoms with Gasteiger partial charge in [-0.05, 0) is 27.6 Å². The molecule has 0 saturated heterocycles. The van der Waals surface area contributed by atoms with Crippen molar-refractivity contribution < 1.29 is 29.7 Å². The van der Waals surface area contributed by atoms with Gasteiger partial charge >= 0.3 is 33.0 Å². The first-order valence-corrected chi connectivity index (χ1v) is 10.3. The summed E-state index contributed by atoms with van der Waals surface area (Å²) < 4.78 is 63.5. The molecule has 0 unspecified atom stereocenters. The van der Waals surface area contributed by atoms with Crippen molar-refractivity contribution in [2.24, 2.45) is 7.05 Å². The van der Waals surface area contributed by atoms with Crippen LogP contribution < -0.4 is 4.57 Å². The van der Waals surface area contributed by atoms with Gasteiger partial charge < -0.3 is 0 Å². The number of halogens is 6. The standard InChI is InChI=1S/C19H17N2.F6P/c1-20-10-11-21(14-20)13-19-17-8-4-2-6-15(17)12-16-7-3-5-9-18(16)19;1-7(2,3,4,5)6/h2-12,14H,13H2,1H3;/q+1;-1. The van der Waals surface area contributed by atoms with Crippen LogP contribution in [0.5, 0.6) is 0 Å². The van der Waals surface area contributed by atoms with Crippen molar-refractivity contribution >= 4 is 29.4 Å². The van der Waals surface area contributed by atoms with Gasteiger partial charge in [-0.2, -0.15) is 0 Å². The van der Waals surface area contributed by atoms with E-state index in [1.807, 2.05) is 0 Å². The van der Waals surface area contributed by atoms with Crippen molar-refractivity contribution in [3.63, 3.8) is 0 Å². The molecular formula is C19H17F6N2P. The number of rotatable bonds is 2. The van der Waals surface area contributed by atoms with Gasteiger partial charge in [-0.25, -0.2) is 9.13 Å². The molecule has 150 valence electrons. The molecule has 4 aromatic rings. The molecule has 0 spiro atoms. The van der Waals surface area contributed by atoms with Gasteiger partial charge in [0.15, 0.2) is 0 Å². The number of aryl methyl sites for hydroxylation is 1. The zero-order valence-corrected chi connectivity index (χ0v) is 15.6. The van der Waals surface area contributed by atoms with E-state index in [-0.39, 0.29) is 0 Å². The molecule has 4 rings (SSSR count). The number of hydrogen-bond donors (Lipinski definition) is 0. The van der Waals surface area contributed by atoms with E-state index < -0.39 is 7.81 Å². The third-order valence-corrected chi connectivity index (χ3v) is 4.05. The summed E-state index contributed by atoms with van der Waals surface area (Å²) in [6.07, 6.45) is 6.32. The predicted molar refractivity (Wildman–Crippen MR) is 99.7 cm³/mol. The molecule has 0 fully saturated rings. The Balaban J connectivity index is 0.000000279. The molecule has 0 aliphatic rings. The van der Waals surface area contributed by atoms with Gasteiger partial charge in [0.25, 0.3) is 0 Å². The van der Waals surface area contributed by atoms with Crippen molar-refractivity contribution in [3.8, 4) is 0 Å². The molecule has 0 radical (unpaired) electrons. The number of aromatic nitrogens is 2. The van der Waals surface area contributed by atoms with Crippen LogP contribution in [0.1, 0.15) is 5.56 Å². The molecule has 0 atom stereocenters. The maximum atomic E-state index is 9.87. The summed E-state index contributed by atoms with van der Waals surface area (Å²) >= 11 is 0. The number of fused-ring (bicyclic) bond motifs is 2. The molecular weight excluding hydrogens is 401 g/mol. The van der Waals surface area contributed by atoms with Gasteiger partial charge in [0.2, 0.25) is 6.33 Å². The Morgan fingerprint density at radius 2 is 1.29 bits per heavy atom. The summed E-state index contributed by atoms with van der Waals surface area (Å²) in [5.74, 6) is 0. The van der Waals surface area contributed by atoms with Gasteiger partial charge in [-0.15, -0.1) is 0 Å². The van der Waals surface area contributed by atoms with E-state index in [1.54, 1.807) is 0 Å². The fourth-order valence-electron chi connectivity index (χ4n) is 3.06. The van der Waals surface area contributed by atoms with Gasteiger partial charge in [0.05, 0.1) is 7.05 Å². The quantitative estimate of drug-likeness (QED) is 0.143. The number of imidazole rings is 1. The molecule has 2 nitrogen and oxygen atoms in total. The maximum absolute atomic E-state index is 10.7.